The van der Waals surface area contributed by atoms with E-state index in [-0.39, 0.29) is 23.4 Å². The fourth-order valence-corrected chi connectivity index (χ4v) is 2.86. The molecule has 0 bridgehead atoms. The summed E-state index contributed by atoms with van der Waals surface area (Å²) < 4.78 is 11.6. The van der Waals surface area contributed by atoms with Gasteiger partial charge in [0, 0.05) is 0 Å². The number of carbonyl (C=O) groups is 2. The van der Waals surface area contributed by atoms with E-state index in [2.05, 4.69) is 33.9 Å². The van der Waals surface area contributed by atoms with Crippen LogP contribution in [0.25, 0.3) is 0 Å². The first kappa shape index (κ1) is 19.9. The molecule has 23 heavy (non-hydrogen) atoms. The van der Waals surface area contributed by atoms with Crippen LogP contribution in [0.15, 0.2) is 12.2 Å². The van der Waals surface area contributed by atoms with Crippen molar-refractivity contribution in [2.45, 2.75) is 71.3 Å². The summed E-state index contributed by atoms with van der Waals surface area (Å²) in [7, 11) is -1.91. The van der Waals surface area contributed by atoms with Crippen molar-refractivity contribution >= 4 is 20.2 Å². The smallest absolute Gasteiger partial charge is 0.411 e. The fraction of sp³-hybridized carbons (Fsp3) is 0.765. The van der Waals surface area contributed by atoms with Crippen LogP contribution in [0.2, 0.25) is 18.1 Å². The van der Waals surface area contributed by atoms with Crippen LogP contribution in [0.4, 0.5) is 4.79 Å². The van der Waals surface area contributed by atoms with Crippen LogP contribution in [0.5, 0.6) is 0 Å². The molecule has 0 unspecified atom stereocenters. The Bertz CT molecular complexity index is 486. The van der Waals surface area contributed by atoms with Crippen molar-refractivity contribution < 1.29 is 18.8 Å². The zero-order valence-electron chi connectivity index (χ0n) is 15.7. The highest BCUT2D eigenvalue weighted by Gasteiger charge is 2.39. The van der Waals surface area contributed by atoms with Crippen LogP contribution in [-0.2, 0) is 14.0 Å². The maximum atomic E-state index is 12.4. The topological polar surface area (TPSA) is 55.8 Å². The molecule has 0 N–H and O–H groups in total. The van der Waals surface area contributed by atoms with Gasteiger partial charge in [0.2, 0.25) is 0 Å². The van der Waals surface area contributed by atoms with E-state index in [1.807, 2.05) is 20.8 Å². The van der Waals surface area contributed by atoms with Gasteiger partial charge in [0.25, 0.3) is 0 Å². The second kappa shape index (κ2) is 6.77. The van der Waals surface area contributed by atoms with E-state index >= 15 is 0 Å². The Morgan fingerprint density at radius 1 is 1.26 bits per heavy atom. The third kappa shape index (κ3) is 5.77. The molecule has 0 aliphatic carbocycles. The average molecular weight is 342 g/mol. The Kier molecular flexibility index (Phi) is 5.86. The third-order valence-electron chi connectivity index (χ3n) is 4.28. The summed E-state index contributed by atoms with van der Waals surface area (Å²) in [6.45, 7) is 16.7. The SMILES string of the molecule is CC(C)(C)OC(=O)N1CC(=O)C=C[C@@H]1CO[Si](C)(C)C(C)(C)C. The van der Waals surface area contributed by atoms with Gasteiger partial charge in [-0.05, 0) is 45.0 Å². The van der Waals surface area contributed by atoms with Gasteiger partial charge in [-0.1, -0.05) is 26.8 Å². The molecule has 0 saturated carbocycles. The number of ketones is 1. The monoisotopic (exact) mass is 341 g/mol. The number of rotatable bonds is 3. The summed E-state index contributed by atoms with van der Waals surface area (Å²) in [5, 5.41) is 0.0952. The van der Waals surface area contributed by atoms with Gasteiger partial charge in [-0.3, -0.25) is 9.69 Å². The lowest BCUT2D eigenvalue weighted by molar-refractivity contribution is -0.117. The van der Waals surface area contributed by atoms with E-state index in [4.69, 9.17) is 9.16 Å². The molecular formula is C17H31NO4Si. The highest BCUT2D eigenvalue weighted by molar-refractivity contribution is 6.74. The molecule has 5 nitrogen and oxygen atoms in total. The van der Waals surface area contributed by atoms with Crippen molar-refractivity contribution in [3.63, 3.8) is 0 Å². The Hall–Kier alpha value is -1.14. The number of carbonyl (C=O) groups excluding carboxylic acids is 2. The van der Waals surface area contributed by atoms with Crippen molar-refractivity contribution in [1.29, 1.82) is 0 Å². The second-order valence-electron chi connectivity index (χ2n) is 8.57. The lowest BCUT2D eigenvalue weighted by atomic mass is 10.1. The molecule has 1 amide bonds. The van der Waals surface area contributed by atoms with Crippen LogP contribution in [0.1, 0.15) is 41.5 Å². The molecule has 0 aromatic carbocycles. The first-order chi connectivity index (χ1) is 10.2. The van der Waals surface area contributed by atoms with E-state index in [0.717, 1.165) is 0 Å². The van der Waals surface area contributed by atoms with E-state index < -0.39 is 20.0 Å². The van der Waals surface area contributed by atoms with Crippen molar-refractivity contribution in [2.24, 2.45) is 0 Å². The molecule has 1 aliphatic rings. The average Bonchev–Trinajstić information content (AvgIpc) is 2.33. The van der Waals surface area contributed by atoms with Gasteiger partial charge in [0.05, 0.1) is 19.2 Å². The number of hydrogen-bond donors (Lipinski definition) is 0. The van der Waals surface area contributed by atoms with E-state index in [9.17, 15) is 9.59 Å². The Labute approximate surface area is 141 Å². The van der Waals surface area contributed by atoms with E-state index in [0.29, 0.717) is 6.61 Å². The molecule has 0 saturated heterocycles. The Morgan fingerprint density at radius 3 is 2.30 bits per heavy atom. The molecule has 1 atom stereocenters. The molecule has 1 rings (SSSR count). The van der Waals surface area contributed by atoms with Crippen molar-refractivity contribution in [3.8, 4) is 0 Å². The quantitative estimate of drug-likeness (QED) is 0.734. The van der Waals surface area contributed by atoms with Crippen LogP contribution in [0.3, 0.4) is 0 Å². The molecule has 1 heterocycles. The first-order valence-electron chi connectivity index (χ1n) is 8.07. The van der Waals surface area contributed by atoms with Crippen LogP contribution >= 0.6 is 0 Å². The van der Waals surface area contributed by atoms with Crippen molar-refractivity contribution in [2.75, 3.05) is 13.2 Å². The lowest BCUT2D eigenvalue weighted by Crippen LogP contribution is -2.51. The van der Waals surface area contributed by atoms with Gasteiger partial charge in [-0.15, -0.1) is 0 Å². The van der Waals surface area contributed by atoms with E-state index in [1.165, 1.54) is 11.0 Å². The maximum Gasteiger partial charge on any atom is 0.411 e. The van der Waals surface area contributed by atoms with Crippen LogP contribution in [-0.4, -0.2) is 49.9 Å². The van der Waals surface area contributed by atoms with Gasteiger partial charge < -0.3 is 9.16 Å². The number of amides is 1. The van der Waals surface area contributed by atoms with Gasteiger partial charge in [-0.2, -0.15) is 0 Å². The molecule has 0 aromatic heterocycles. The Balaban J connectivity index is 2.83. The van der Waals surface area contributed by atoms with Crippen molar-refractivity contribution in [1.82, 2.24) is 4.90 Å². The highest BCUT2D eigenvalue weighted by Crippen LogP contribution is 2.36. The van der Waals surface area contributed by atoms with Crippen molar-refractivity contribution in [3.05, 3.63) is 12.2 Å². The first-order valence-corrected chi connectivity index (χ1v) is 11.0. The van der Waals surface area contributed by atoms with Gasteiger partial charge in [-0.25, -0.2) is 4.79 Å². The standard InChI is InChI=1S/C17H31NO4Si/c1-16(2,3)22-15(20)18-11-14(19)10-9-13(18)12-21-23(7,8)17(4,5)6/h9-10,13H,11-12H2,1-8H3/t13-/m1/s1. The van der Waals surface area contributed by atoms with Gasteiger partial charge in [0.1, 0.15) is 5.60 Å². The van der Waals surface area contributed by atoms with Gasteiger partial charge in [0.15, 0.2) is 14.1 Å². The molecule has 0 fully saturated rings. The summed E-state index contributed by atoms with van der Waals surface area (Å²) in [6, 6.07) is -0.267. The molecule has 0 radical (unpaired) electrons. The molecule has 1 aliphatic heterocycles. The summed E-state index contributed by atoms with van der Waals surface area (Å²) in [5.74, 6) is -0.0977. The molecular weight excluding hydrogens is 310 g/mol. The lowest BCUT2D eigenvalue weighted by Gasteiger charge is -2.39. The van der Waals surface area contributed by atoms with Crippen LogP contribution < -0.4 is 0 Å². The summed E-state index contributed by atoms with van der Waals surface area (Å²) in [5.41, 5.74) is -0.591. The summed E-state index contributed by atoms with van der Waals surface area (Å²) in [4.78, 5) is 25.5. The normalized spacial score (nSPS) is 19.9. The molecule has 0 aromatic rings. The zero-order chi connectivity index (χ0) is 18.1. The predicted molar refractivity (Wildman–Crippen MR) is 94.0 cm³/mol. The van der Waals surface area contributed by atoms with Gasteiger partial charge >= 0.3 is 6.09 Å². The minimum absolute atomic E-state index is 0.0386. The minimum atomic E-state index is -1.91. The highest BCUT2D eigenvalue weighted by atomic mass is 28.4. The number of hydrogen-bond acceptors (Lipinski definition) is 4. The van der Waals surface area contributed by atoms with E-state index in [1.54, 1.807) is 6.08 Å². The largest absolute Gasteiger partial charge is 0.444 e. The molecule has 0 spiro atoms. The Morgan fingerprint density at radius 2 is 1.83 bits per heavy atom. The van der Waals surface area contributed by atoms with Crippen LogP contribution in [0, 0.1) is 0 Å². The summed E-state index contributed by atoms with van der Waals surface area (Å²) >= 11 is 0. The molecule has 6 heteroatoms. The maximum absolute atomic E-state index is 12.4. The summed E-state index contributed by atoms with van der Waals surface area (Å²) in [6.07, 6.45) is 2.79. The molecule has 132 valence electrons. The fourth-order valence-electron chi connectivity index (χ4n) is 1.84. The third-order valence-corrected chi connectivity index (χ3v) is 8.78. The predicted octanol–water partition coefficient (Wildman–Crippen LogP) is 3.75. The number of nitrogens with zero attached hydrogens (tertiary/aromatic N) is 1. The minimum Gasteiger partial charge on any atom is -0.444 e. The second-order valence-corrected chi connectivity index (χ2v) is 13.4. The number of ether oxygens (including phenoxy) is 1. The zero-order valence-corrected chi connectivity index (χ0v) is 16.7.